The van der Waals surface area contributed by atoms with E-state index in [0.717, 1.165) is 11.3 Å². The fraction of sp³-hybridized carbons (Fsp3) is 0.286. The van der Waals surface area contributed by atoms with Gasteiger partial charge in [-0.15, -0.1) is 0 Å². The summed E-state index contributed by atoms with van der Waals surface area (Å²) < 4.78 is 4.58. The van der Waals surface area contributed by atoms with Crippen molar-refractivity contribution >= 4 is 23.7 Å². The van der Waals surface area contributed by atoms with Gasteiger partial charge in [0, 0.05) is 25.4 Å². The Morgan fingerprint density at radius 3 is 2.33 bits per heavy atom. The molecule has 0 atom stereocenters. The smallest absolute Gasteiger partial charge is 0.341 e. The van der Waals surface area contributed by atoms with Gasteiger partial charge in [0.2, 0.25) is 0 Å². The highest BCUT2D eigenvalue weighted by Gasteiger charge is 2.22. The lowest BCUT2D eigenvalue weighted by molar-refractivity contribution is -0.159. The van der Waals surface area contributed by atoms with Gasteiger partial charge in [-0.2, -0.15) is 0 Å². The average Bonchev–Trinajstić information content (AvgIpc) is 2.33. The molecule has 1 aliphatic heterocycles. The lowest BCUT2D eigenvalue weighted by Gasteiger charge is -2.13. The molecule has 94 valence electrons. The summed E-state index contributed by atoms with van der Waals surface area (Å²) in [7, 11) is 3.94. The number of esters is 2. The van der Waals surface area contributed by atoms with Crippen molar-refractivity contribution in [2.24, 2.45) is 0 Å². The van der Waals surface area contributed by atoms with Gasteiger partial charge in [0.05, 0.1) is 6.42 Å². The zero-order valence-electron chi connectivity index (χ0n) is 10.5. The molecule has 0 aliphatic carbocycles. The predicted molar refractivity (Wildman–Crippen MR) is 69.1 cm³/mol. The van der Waals surface area contributed by atoms with Crippen LogP contribution in [0.3, 0.4) is 0 Å². The molecule has 2 rings (SSSR count). The second kappa shape index (κ2) is 5.04. The van der Waals surface area contributed by atoms with Crippen LogP contribution in [0.4, 0.5) is 5.69 Å². The van der Waals surface area contributed by atoms with E-state index in [4.69, 9.17) is 0 Å². The average molecular weight is 245 g/mol. The summed E-state index contributed by atoms with van der Waals surface area (Å²) in [5, 5.41) is 0. The Morgan fingerprint density at radius 1 is 1.11 bits per heavy atom. The molecule has 0 saturated carbocycles. The van der Waals surface area contributed by atoms with E-state index >= 15 is 0 Å². The lowest BCUT2D eigenvalue weighted by atomic mass is 10.0. The minimum absolute atomic E-state index is 0.271. The molecular weight excluding hydrogens is 230 g/mol. The molecule has 4 heteroatoms. The van der Waals surface area contributed by atoms with Crippen LogP contribution >= 0.6 is 0 Å². The fourth-order valence-electron chi connectivity index (χ4n) is 1.76. The zero-order valence-corrected chi connectivity index (χ0v) is 10.5. The third-order valence-electron chi connectivity index (χ3n) is 2.82. The number of anilines is 1. The van der Waals surface area contributed by atoms with Crippen LogP contribution in [-0.2, 0) is 14.3 Å². The molecule has 0 bridgehead atoms. The van der Waals surface area contributed by atoms with Gasteiger partial charge in [-0.25, -0.2) is 4.79 Å². The monoisotopic (exact) mass is 245 g/mol. The Morgan fingerprint density at radius 2 is 1.78 bits per heavy atom. The van der Waals surface area contributed by atoms with Crippen LogP contribution in [-0.4, -0.2) is 26.0 Å². The molecule has 0 N–H and O–H groups in total. The quantitative estimate of drug-likeness (QED) is 0.454. The topological polar surface area (TPSA) is 46.6 Å². The van der Waals surface area contributed by atoms with Crippen LogP contribution in [0, 0.1) is 0 Å². The van der Waals surface area contributed by atoms with E-state index in [1.807, 2.05) is 43.3 Å². The molecule has 1 fully saturated rings. The summed E-state index contributed by atoms with van der Waals surface area (Å²) >= 11 is 0. The van der Waals surface area contributed by atoms with Crippen molar-refractivity contribution in [1.82, 2.24) is 0 Å². The summed E-state index contributed by atoms with van der Waals surface area (Å²) in [5.74, 6) is -0.969. The molecule has 0 unspecified atom stereocenters. The standard InChI is InChI=1S/C14H15NO3/c1-15(2)12-6-3-10(4-7-12)9-11-5-8-13(16)18-14(11)17/h3-4,6-7,9H,5,8H2,1-2H3/b11-9+. The largest absolute Gasteiger partial charge is 0.390 e. The van der Waals surface area contributed by atoms with Gasteiger partial charge in [0.25, 0.3) is 0 Å². The van der Waals surface area contributed by atoms with E-state index < -0.39 is 11.9 Å². The van der Waals surface area contributed by atoms with E-state index in [0.29, 0.717) is 12.0 Å². The van der Waals surface area contributed by atoms with E-state index in [1.165, 1.54) is 0 Å². The molecule has 0 amide bonds. The molecule has 18 heavy (non-hydrogen) atoms. The van der Waals surface area contributed by atoms with Crippen molar-refractivity contribution in [2.45, 2.75) is 12.8 Å². The molecule has 0 spiro atoms. The molecule has 4 nitrogen and oxygen atoms in total. The summed E-state index contributed by atoms with van der Waals surface area (Å²) in [5.41, 5.74) is 2.58. The third kappa shape index (κ3) is 2.77. The first-order valence-corrected chi connectivity index (χ1v) is 5.79. The Hall–Kier alpha value is -2.10. The summed E-state index contributed by atoms with van der Waals surface area (Å²) in [6.45, 7) is 0. The maximum atomic E-state index is 11.5. The number of cyclic esters (lactones) is 2. The molecule has 1 saturated heterocycles. The fourth-order valence-corrected chi connectivity index (χ4v) is 1.76. The van der Waals surface area contributed by atoms with E-state index in [1.54, 1.807) is 6.08 Å². The number of ether oxygens (including phenoxy) is 1. The first-order valence-electron chi connectivity index (χ1n) is 5.79. The van der Waals surface area contributed by atoms with Crippen LogP contribution < -0.4 is 4.90 Å². The van der Waals surface area contributed by atoms with E-state index in [2.05, 4.69) is 4.74 Å². The minimum Gasteiger partial charge on any atom is -0.390 e. The van der Waals surface area contributed by atoms with Crippen LogP contribution in [0.15, 0.2) is 29.8 Å². The highest BCUT2D eigenvalue weighted by atomic mass is 16.6. The predicted octanol–water partition coefficient (Wildman–Crippen LogP) is 2.00. The second-order valence-corrected chi connectivity index (χ2v) is 4.42. The maximum absolute atomic E-state index is 11.5. The van der Waals surface area contributed by atoms with E-state index in [9.17, 15) is 9.59 Å². The van der Waals surface area contributed by atoms with Gasteiger partial charge >= 0.3 is 11.9 Å². The van der Waals surface area contributed by atoms with Gasteiger partial charge in [-0.05, 0) is 30.2 Å². The Bertz CT molecular complexity index is 500. The first-order chi connectivity index (χ1) is 8.56. The van der Waals surface area contributed by atoms with Gasteiger partial charge in [-0.1, -0.05) is 12.1 Å². The minimum atomic E-state index is -0.525. The number of benzene rings is 1. The Labute approximate surface area is 106 Å². The molecule has 1 aromatic carbocycles. The van der Waals surface area contributed by atoms with Crippen molar-refractivity contribution in [3.8, 4) is 0 Å². The molecule has 1 aromatic rings. The Kier molecular flexibility index (Phi) is 3.46. The van der Waals surface area contributed by atoms with Crippen molar-refractivity contribution in [2.75, 3.05) is 19.0 Å². The van der Waals surface area contributed by atoms with Crippen molar-refractivity contribution in [3.05, 3.63) is 35.4 Å². The highest BCUT2D eigenvalue weighted by molar-refractivity contribution is 6.02. The van der Waals surface area contributed by atoms with Crippen molar-refractivity contribution in [3.63, 3.8) is 0 Å². The molecule has 1 heterocycles. The maximum Gasteiger partial charge on any atom is 0.341 e. The number of hydrogen-bond donors (Lipinski definition) is 0. The third-order valence-corrected chi connectivity index (χ3v) is 2.82. The van der Waals surface area contributed by atoms with Crippen LogP contribution in [0.1, 0.15) is 18.4 Å². The van der Waals surface area contributed by atoms with Crippen LogP contribution in [0.5, 0.6) is 0 Å². The van der Waals surface area contributed by atoms with Gasteiger partial charge in [-0.3, -0.25) is 4.79 Å². The first kappa shape index (κ1) is 12.4. The normalized spacial score (nSPS) is 17.8. The van der Waals surface area contributed by atoms with E-state index in [-0.39, 0.29) is 6.42 Å². The van der Waals surface area contributed by atoms with Crippen molar-refractivity contribution < 1.29 is 14.3 Å². The lowest BCUT2D eigenvalue weighted by Crippen LogP contribution is -2.20. The molecule has 0 aromatic heterocycles. The molecule has 1 aliphatic rings. The number of hydrogen-bond acceptors (Lipinski definition) is 4. The summed E-state index contributed by atoms with van der Waals surface area (Å²) in [6, 6.07) is 7.83. The summed E-state index contributed by atoms with van der Waals surface area (Å²) in [6.07, 6.45) is 2.49. The van der Waals surface area contributed by atoms with Crippen molar-refractivity contribution in [1.29, 1.82) is 0 Å². The highest BCUT2D eigenvalue weighted by Crippen LogP contribution is 2.20. The molecule has 0 radical (unpaired) electrons. The number of nitrogens with zero attached hydrogens (tertiary/aromatic N) is 1. The van der Waals surface area contributed by atoms with Crippen LogP contribution in [0.25, 0.3) is 6.08 Å². The Balaban J connectivity index is 2.17. The number of carbonyl (C=O) groups excluding carboxylic acids is 2. The van der Waals surface area contributed by atoms with Gasteiger partial charge < -0.3 is 9.64 Å². The number of rotatable bonds is 2. The van der Waals surface area contributed by atoms with Gasteiger partial charge in [0.15, 0.2) is 0 Å². The summed E-state index contributed by atoms with van der Waals surface area (Å²) in [4.78, 5) is 24.4. The van der Waals surface area contributed by atoms with Crippen LogP contribution in [0.2, 0.25) is 0 Å². The number of carbonyl (C=O) groups is 2. The zero-order chi connectivity index (χ0) is 13.1. The molecular formula is C14H15NO3. The van der Waals surface area contributed by atoms with Gasteiger partial charge in [0.1, 0.15) is 0 Å². The SMILES string of the molecule is CN(C)c1ccc(/C=C2\CCC(=O)OC2=O)cc1. The second-order valence-electron chi connectivity index (χ2n) is 4.42.